The summed E-state index contributed by atoms with van der Waals surface area (Å²) in [7, 11) is 0. The average Bonchev–Trinajstić information content (AvgIpc) is 2.88. The lowest BCUT2D eigenvalue weighted by atomic mass is 9.86. The van der Waals surface area contributed by atoms with Gasteiger partial charge in [0.15, 0.2) is 0 Å². The van der Waals surface area contributed by atoms with Gasteiger partial charge in [0.25, 0.3) is 0 Å². The maximum Gasteiger partial charge on any atom is 0.126 e. The van der Waals surface area contributed by atoms with Crippen molar-refractivity contribution in [2.75, 3.05) is 0 Å². The molecule has 0 saturated heterocycles. The van der Waals surface area contributed by atoms with Gasteiger partial charge in [0.2, 0.25) is 0 Å². The Morgan fingerprint density at radius 3 is 2.62 bits per heavy atom. The van der Waals surface area contributed by atoms with Gasteiger partial charge in [-0.15, -0.1) is 0 Å². The van der Waals surface area contributed by atoms with Crippen LogP contribution >= 0.6 is 0 Å². The summed E-state index contributed by atoms with van der Waals surface area (Å²) in [6.45, 7) is 2.01. The zero-order valence-electron chi connectivity index (χ0n) is 12.5. The van der Waals surface area contributed by atoms with Gasteiger partial charge in [0, 0.05) is 5.54 Å². The highest BCUT2D eigenvalue weighted by atomic mass is 19.1. The van der Waals surface area contributed by atoms with Crippen molar-refractivity contribution in [2.45, 2.75) is 44.6 Å². The number of halogens is 1. The summed E-state index contributed by atoms with van der Waals surface area (Å²) < 4.78 is 13.8. The molecule has 2 N–H and O–H groups in total. The Morgan fingerprint density at radius 1 is 1.05 bits per heavy atom. The predicted octanol–water partition coefficient (Wildman–Crippen LogP) is 3.82. The van der Waals surface area contributed by atoms with Gasteiger partial charge in [-0.05, 0) is 67.3 Å². The monoisotopic (exact) mass is 283 g/mol. The second kappa shape index (κ2) is 5.61. The van der Waals surface area contributed by atoms with Gasteiger partial charge in [0.05, 0.1) is 0 Å². The molecule has 21 heavy (non-hydrogen) atoms. The molecule has 0 amide bonds. The minimum absolute atomic E-state index is 0.164. The zero-order valence-corrected chi connectivity index (χ0v) is 12.5. The van der Waals surface area contributed by atoms with Crippen molar-refractivity contribution in [1.82, 2.24) is 0 Å². The van der Waals surface area contributed by atoms with E-state index in [2.05, 4.69) is 18.2 Å². The fourth-order valence-corrected chi connectivity index (χ4v) is 3.34. The fraction of sp³-hybridized carbons (Fsp3) is 0.368. The molecule has 110 valence electrons. The normalized spacial score (nSPS) is 16.5. The Balaban J connectivity index is 1.75. The van der Waals surface area contributed by atoms with Crippen LogP contribution in [0.5, 0.6) is 0 Å². The maximum absolute atomic E-state index is 13.8. The molecule has 0 fully saturated rings. The van der Waals surface area contributed by atoms with E-state index in [4.69, 9.17) is 5.73 Å². The molecule has 0 radical (unpaired) electrons. The van der Waals surface area contributed by atoms with Crippen LogP contribution in [0.2, 0.25) is 0 Å². The number of nitrogens with two attached hydrogens (primary N) is 1. The summed E-state index contributed by atoms with van der Waals surface area (Å²) in [6.07, 6.45) is 4.96. The number of fused-ring (bicyclic) bond motifs is 1. The number of hydrogen-bond donors (Lipinski definition) is 1. The van der Waals surface area contributed by atoms with Crippen molar-refractivity contribution in [2.24, 2.45) is 5.73 Å². The summed E-state index contributed by atoms with van der Waals surface area (Å²) in [5.74, 6) is -0.164. The number of rotatable bonds is 4. The highest BCUT2D eigenvalue weighted by molar-refractivity contribution is 5.36. The molecule has 2 aromatic rings. The van der Waals surface area contributed by atoms with E-state index in [1.165, 1.54) is 42.0 Å². The molecular formula is C19H22FN. The van der Waals surface area contributed by atoms with Gasteiger partial charge in [0.1, 0.15) is 5.82 Å². The summed E-state index contributed by atoms with van der Waals surface area (Å²) >= 11 is 0. The average molecular weight is 283 g/mol. The Kier molecular flexibility index (Phi) is 3.81. The van der Waals surface area contributed by atoms with Crippen molar-refractivity contribution in [3.63, 3.8) is 0 Å². The SMILES string of the molecule is CC(N)(Cc1ccc2c(c1)CCC2)Cc1ccccc1F. The minimum atomic E-state index is -0.435. The van der Waals surface area contributed by atoms with Crippen LogP contribution < -0.4 is 5.73 Å². The van der Waals surface area contributed by atoms with Crippen LogP contribution in [0.15, 0.2) is 42.5 Å². The first kappa shape index (κ1) is 14.3. The molecule has 1 atom stereocenters. The van der Waals surface area contributed by atoms with Gasteiger partial charge < -0.3 is 5.73 Å². The smallest absolute Gasteiger partial charge is 0.126 e. The molecular weight excluding hydrogens is 261 g/mol. The highest BCUT2D eigenvalue weighted by Gasteiger charge is 2.22. The van der Waals surface area contributed by atoms with E-state index in [9.17, 15) is 4.39 Å². The van der Waals surface area contributed by atoms with Crippen molar-refractivity contribution in [3.8, 4) is 0 Å². The zero-order chi connectivity index (χ0) is 14.9. The van der Waals surface area contributed by atoms with Crippen molar-refractivity contribution < 1.29 is 4.39 Å². The van der Waals surface area contributed by atoms with Gasteiger partial charge in [-0.3, -0.25) is 0 Å². The Hall–Kier alpha value is -1.67. The van der Waals surface area contributed by atoms with Crippen LogP contribution in [0.4, 0.5) is 4.39 Å². The number of benzene rings is 2. The van der Waals surface area contributed by atoms with Gasteiger partial charge in [-0.1, -0.05) is 36.4 Å². The summed E-state index contributed by atoms with van der Waals surface area (Å²) in [5, 5.41) is 0. The Morgan fingerprint density at radius 2 is 1.81 bits per heavy atom. The lowest BCUT2D eigenvalue weighted by molar-refractivity contribution is 0.451. The topological polar surface area (TPSA) is 26.0 Å². The first-order chi connectivity index (χ1) is 10.0. The molecule has 2 aromatic carbocycles. The minimum Gasteiger partial charge on any atom is -0.325 e. The molecule has 0 heterocycles. The summed E-state index contributed by atoms with van der Waals surface area (Å²) in [6, 6.07) is 13.6. The highest BCUT2D eigenvalue weighted by Crippen LogP contribution is 2.25. The molecule has 0 saturated carbocycles. The standard InChI is InChI=1S/C19H22FN/c1-19(21,13-17-5-2-3-8-18(17)20)12-14-9-10-15-6-4-7-16(15)11-14/h2-3,5,8-11H,4,6-7,12-13,21H2,1H3. The molecule has 0 aliphatic heterocycles. The van der Waals surface area contributed by atoms with Crippen LogP contribution in [-0.2, 0) is 25.7 Å². The quantitative estimate of drug-likeness (QED) is 0.907. The molecule has 1 aliphatic carbocycles. The third-order valence-electron chi connectivity index (χ3n) is 4.32. The van der Waals surface area contributed by atoms with Crippen LogP contribution in [0, 0.1) is 5.82 Å². The van der Waals surface area contributed by atoms with E-state index in [1.54, 1.807) is 6.07 Å². The number of aryl methyl sites for hydroxylation is 2. The largest absolute Gasteiger partial charge is 0.325 e. The van der Waals surface area contributed by atoms with Crippen molar-refractivity contribution in [1.29, 1.82) is 0 Å². The molecule has 2 heteroatoms. The molecule has 0 bridgehead atoms. The first-order valence-electron chi connectivity index (χ1n) is 7.66. The molecule has 0 spiro atoms. The fourth-order valence-electron chi connectivity index (χ4n) is 3.34. The summed E-state index contributed by atoms with van der Waals surface area (Å²) in [4.78, 5) is 0. The second-order valence-corrected chi connectivity index (χ2v) is 6.56. The predicted molar refractivity (Wildman–Crippen MR) is 84.9 cm³/mol. The van der Waals surface area contributed by atoms with Gasteiger partial charge in [-0.2, -0.15) is 0 Å². The Bertz CT molecular complexity index is 646. The van der Waals surface area contributed by atoms with Crippen LogP contribution in [-0.4, -0.2) is 5.54 Å². The van der Waals surface area contributed by atoms with E-state index >= 15 is 0 Å². The molecule has 1 unspecified atom stereocenters. The third kappa shape index (κ3) is 3.33. The maximum atomic E-state index is 13.8. The van der Waals surface area contributed by atoms with Crippen molar-refractivity contribution >= 4 is 0 Å². The van der Waals surface area contributed by atoms with Gasteiger partial charge >= 0.3 is 0 Å². The van der Waals surface area contributed by atoms with E-state index in [-0.39, 0.29) is 5.82 Å². The Labute approximate surface area is 126 Å². The van der Waals surface area contributed by atoms with Crippen LogP contribution in [0.25, 0.3) is 0 Å². The molecule has 0 aromatic heterocycles. The third-order valence-corrected chi connectivity index (χ3v) is 4.32. The second-order valence-electron chi connectivity index (χ2n) is 6.56. The van der Waals surface area contributed by atoms with Crippen LogP contribution in [0.3, 0.4) is 0 Å². The van der Waals surface area contributed by atoms with E-state index < -0.39 is 5.54 Å². The first-order valence-corrected chi connectivity index (χ1v) is 7.66. The van der Waals surface area contributed by atoms with E-state index in [1.807, 2.05) is 19.1 Å². The number of hydrogen-bond acceptors (Lipinski definition) is 1. The van der Waals surface area contributed by atoms with E-state index in [0.717, 1.165) is 6.42 Å². The molecule has 1 aliphatic rings. The molecule has 3 rings (SSSR count). The van der Waals surface area contributed by atoms with Gasteiger partial charge in [-0.25, -0.2) is 4.39 Å². The lowest BCUT2D eigenvalue weighted by Gasteiger charge is -2.25. The summed E-state index contributed by atoms with van der Waals surface area (Å²) in [5.41, 5.74) is 10.9. The van der Waals surface area contributed by atoms with Crippen molar-refractivity contribution in [3.05, 3.63) is 70.5 Å². The lowest BCUT2D eigenvalue weighted by Crippen LogP contribution is -2.41. The van der Waals surface area contributed by atoms with Crippen LogP contribution in [0.1, 0.15) is 35.6 Å². The molecule has 1 nitrogen and oxygen atoms in total. The van der Waals surface area contributed by atoms with E-state index in [0.29, 0.717) is 12.0 Å².